The van der Waals surface area contributed by atoms with E-state index < -0.39 is 0 Å². The maximum Gasteiger partial charge on any atom is 0.220 e. The third-order valence-electron chi connectivity index (χ3n) is 5.58. The van der Waals surface area contributed by atoms with Crippen molar-refractivity contribution in [2.24, 2.45) is 11.8 Å². The highest BCUT2D eigenvalue weighted by Gasteiger charge is 2.21. The van der Waals surface area contributed by atoms with Crippen LogP contribution in [0.5, 0.6) is 0 Å². The van der Waals surface area contributed by atoms with Crippen LogP contribution in [-0.4, -0.2) is 36.6 Å². The number of rotatable bonds is 7. The lowest BCUT2D eigenvalue weighted by atomic mass is 9.91. The molecule has 144 valence electrons. The van der Waals surface area contributed by atoms with Crippen molar-refractivity contribution in [1.82, 2.24) is 10.2 Å². The lowest BCUT2D eigenvalue weighted by Crippen LogP contribution is -2.38. The van der Waals surface area contributed by atoms with Gasteiger partial charge in [-0.3, -0.25) is 9.69 Å². The van der Waals surface area contributed by atoms with Crippen molar-refractivity contribution < 1.29 is 9.53 Å². The molecule has 0 aromatic heterocycles. The first-order chi connectivity index (χ1) is 12.6. The van der Waals surface area contributed by atoms with Gasteiger partial charge in [-0.05, 0) is 48.6 Å². The van der Waals surface area contributed by atoms with Crippen LogP contribution in [0.3, 0.4) is 0 Å². The summed E-state index contributed by atoms with van der Waals surface area (Å²) < 4.78 is 5.57. The van der Waals surface area contributed by atoms with Crippen molar-refractivity contribution in [3.63, 3.8) is 0 Å². The number of nitrogens with zero attached hydrogens (tertiary/aromatic N) is 1. The molecule has 2 aliphatic heterocycles. The van der Waals surface area contributed by atoms with Gasteiger partial charge in [0.25, 0.3) is 0 Å². The van der Waals surface area contributed by atoms with Gasteiger partial charge in [0.15, 0.2) is 0 Å². The topological polar surface area (TPSA) is 41.6 Å². The van der Waals surface area contributed by atoms with Gasteiger partial charge < -0.3 is 10.1 Å². The number of piperidine rings is 1. The minimum absolute atomic E-state index is 0.126. The van der Waals surface area contributed by atoms with Crippen molar-refractivity contribution in [3.05, 3.63) is 35.4 Å². The van der Waals surface area contributed by atoms with Crippen LogP contribution in [0, 0.1) is 11.8 Å². The molecule has 0 spiro atoms. The maximum absolute atomic E-state index is 12.0. The second-order valence-corrected chi connectivity index (χ2v) is 8.41. The number of carbonyl (C=O) groups excluding carboxylic acids is 1. The summed E-state index contributed by atoms with van der Waals surface area (Å²) in [6, 6.07) is 8.70. The first-order valence-corrected chi connectivity index (χ1v) is 10.3. The zero-order valence-corrected chi connectivity index (χ0v) is 16.4. The molecule has 0 aliphatic carbocycles. The SMILES string of the molecule is C[C@@H]1C[C@H](C)CN(Cc2ccc(CNC(=O)CC[C@H]3CCCO3)cc2)C1. The van der Waals surface area contributed by atoms with E-state index in [4.69, 9.17) is 4.74 Å². The number of nitrogens with one attached hydrogen (secondary N) is 1. The summed E-state index contributed by atoms with van der Waals surface area (Å²) in [4.78, 5) is 14.6. The number of hydrogen-bond donors (Lipinski definition) is 1. The Labute approximate surface area is 158 Å². The van der Waals surface area contributed by atoms with E-state index >= 15 is 0 Å². The van der Waals surface area contributed by atoms with E-state index in [-0.39, 0.29) is 5.91 Å². The molecule has 0 saturated carbocycles. The van der Waals surface area contributed by atoms with Crippen molar-refractivity contribution in [3.8, 4) is 0 Å². The minimum atomic E-state index is 0.126. The Balaban J connectivity index is 1.39. The molecular weight excluding hydrogens is 324 g/mol. The van der Waals surface area contributed by atoms with Gasteiger partial charge in [-0.1, -0.05) is 38.1 Å². The quantitative estimate of drug-likeness (QED) is 0.807. The first-order valence-electron chi connectivity index (χ1n) is 10.3. The standard InChI is InChI=1S/C22H34N2O2/c1-17-12-18(2)15-24(14-17)16-20-7-5-19(6-8-20)13-23-22(25)10-9-21-4-3-11-26-21/h5-8,17-18,21H,3-4,9-16H2,1-2H3,(H,23,25)/t17-,18+,21-/m1/s1. The Kier molecular flexibility index (Phi) is 7.09. The van der Waals surface area contributed by atoms with Crippen LogP contribution in [0.25, 0.3) is 0 Å². The highest BCUT2D eigenvalue weighted by Crippen LogP contribution is 2.22. The second-order valence-electron chi connectivity index (χ2n) is 8.41. The summed E-state index contributed by atoms with van der Waals surface area (Å²) in [7, 11) is 0. The number of likely N-dealkylation sites (tertiary alicyclic amines) is 1. The van der Waals surface area contributed by atoms with E-state index in [1.807, 2.05) is 0 Å². The van der Waals surface area contributed by atoms with Crippen molar-refractivity contribution in [1.29, 1.82) is 0 Å². The summed E-state index contributed by atoms with van der Waals surface area (Å²) in [6.45, 7) is 9.61. The molecule has 1 aromatic rings. The molecular formula is C22H34N2O2. The first kappa shape index (κ1) is 19.4. The summed E-state index contributed by atoms with van der Waals surface area (Å²) in [5.74, 6) is 1.71. The van der Waals surface area contributed by atoms with E-state index in [2.05, 4.69) is 48.3 Å². The molecule has 3 rings (SSSR count). The normalized spacial score (nSPS) is 26.8. The van der Waals surface area contributed by atoms with Crippen LogP contribution < -0.4 is 5.32 Å². The summed E-state index contributed by atoms with van der Waals surface area (Å²) in [6.07, 6.45) is 5.28. The van der Waals surface area contributed by atoms with E-state index in [0.29, 0.717) is 19.1 Å². The zero-order chi connectivity index (χ0) is 18.4. The fraction of sp³-hybridized carbons (Fsp3) is 0.682. The molecule has 2 heterocycles. The number of benzene rings is 1. The van der Waals surface area contributed by atoms with Gasteiger partial charge in [0.2, 0.25) is 5.91 Å². The molecule has 4 heteroatoms. The smallest absolute Gasteiger partial charge is 0.220 e. The van der Waals surface area contributed by atoms with Crippen LogP contribution >= 0.6 is 0 Å². The molecule has 2 aliphatic rings. The van der Waals surface area contributed by atoms with Gasteiger partial charge >= 0.3 is 0 Å². The Morgan fingerprint density at radius 1 is 1.15 bits per heavy atom. The fourth-order valence-corrected chi connectivity index (χ4v) is 4.39. The summed E-state index contributed by atoms with van der Waals surface area (Å²) >= 11 is 0. The van der Waals surface area contributed by atoms with E-state index in [9.17, 15) is 4.79 Å². The zero-order valence-electron chi connectivity index (χ0n) is 16.4. The van der Waals surface area contributed by atoms with E-state index in [1.165, 1.54) is 30.6 Å². The number of ether oxygens (including phenoxy) is 1. The molecule has 1 amide bonds. The third kappa shape index (κ3) is 6.10. The molecule has 0 bridgehead atoms. The van der Waals surface area contributed by atoms with E-state index in [0.717, 1.165) is 44.2 Å². The predicted molar refractivity (Wildman–Crippen MR) is 105 cm³/mol. The van der Waals surface area contributed by atoms with Gasteiger partial charge in [0.05, 0.1) is 6.10 Å². The van der Waals surface area contributed by atoms with Crippen LogP contribution in [0.4, 0.5) is 0 Å². The molecule has 0 unspecified atom stereocenters. The van der Waals surface area contributed by atoms with Gasteiger partial charge in [-0.25, -0.2) is 0 Å². The Morgan fingerprint density at radius 2 is 1.85 bits per heavy atom. The van der Waals surface area contributed by atoms with Crippen molar-refractivity contribution >= 4 is 5.91 Å². The van der Waals surface area contributed by atoms with Crippen LogP contribution in [0.15, 0.2) is 24.3 Å². The van der Waals surface area contributed by atoms with Crippen LogP contribution in [0.2, 0.25) is 0 Å². The predicted octanol–water partition coefficient (Wildman–Crippen LogP) is 3.74. The second kappa shape index (κ2) is 9.52. The molecule has 2 fully saturated rings. The summed E-state index contributed by atoms with van der Waals surface area (Å²) in [5.41, 5.74) is 2.53. The number of amides is 1. The molecule has 1 N–H and O–H groups in total. The molecule has 4 nitrogen and oxygen atoms in total. The molecule has 3 atom stereocenters. The number of hydrogen-bond acceptors (Lipinski definition) is 3. The molecule has 0 radical (unpaired) electrons. The monoisotopic (exact) mass is 358 g/mol. The lowest BCUT2D eigenvalue weighted by molar-refractivity contribution is -0.121. The molecule has 26 heavy (non-hydrogen) atoms. The highest BCUT2D eigenvalue weighted by molar-refractivity contribution is 5.75. The third-order valence-corrected chi connectivity index (χ3v) is 5.58. The maximum atomic E-state index is 12.0. The highest BCUT2D eigenvalue weighted by atomic mass is 16.5. The lowest BCUT2D eigenvalue weighted by Gasteiger charge is -2.35. The molecule has 1 aromatic carbocycles. The largest absolute Gasteiger partial charge is 0.378 e. The van der Waals surface area contributed by atoms with Gasteiger partial charge in [0, 0.05) is 39.2 Å². The van der Waals surface area contributed by atoms with Gasteiger partial charge in [-0.15, -0.1) is 0 Å². The number of carbonyl (C=O) groups is 1. The van der Waals surface area contributed by atoms with Crippen molar-refractivity contribution in [2.75, 3.05) is 19.7 Å². The minimum Gasteiger partial charge on any atom is -0.378 e. The van der Waals surface area contributed by atoms with Crippen LogP contribution in [0.1, 0.15) is 57.1 Å². The fourth-order valence-electron chi connectivity index (χ4n) is 4.39. The van der Waals surface area contributed by atoms with Crippen LogP contribution in [-0.2, 0) is 22.6 Å². The Hall–Kier alpha value is -1.39. The Morgan fingerprint density at radius 3 is 2.50 bits per heavy atom. The average Bonchev–Trinajstić information content (AvgIpc) is 3.12. The van der Waals surface area contributed by atoms with Gasteiger partial charge in [-0.2, -0.15) is 0 Å². The summed E-state index contributed by atoms with van der Waals surface area (Å²) in [5, 5.41) is 3.03. The van der Waals surface area contributed by atoms with E-state index in [1.54, 1.807) is 0 Å². The Bertz CT molecular complexity index is 556. The average molecular weight is 359 g/mol. The molecule has 2 saturated heterocycles. The van der Waals surface area contributed by atoms with Crippen molar-refractivity contribution in [2.45, 2.75) is 65.1 Å². The van der Waals surface area contributed by atoms with Gasteiger partial charge in [0.1, 0.15) is 0 Å².